The van der Waals surface area contributed by atoms with Crippen LogP contribution >= 0.6 is 0 Å². The van der Waals surface area contributed by atoms with Crippen molar-refractivity contribution in [1.29, 1.82) is 0 Å². The summed E-state index contributed by atoms with van der Waals surface area (Å²) in [5, 5.41) is 3.14. The monoisotopic (exact) mass is 191 g/mol. The Morgan fingerprint density at radius 1 is 1.29 bits per heavy atom. The summed E-state index contributed by atoms with van der Waals surface area (Å²) in [6, 6.07) is 10.3. The van der Waals surface area contributed by atoms with Crippen LogP contribution in [0.2, 0.25) is 0 Å². The maximum absolute atomic E-state index is 11.0. The summed E-state index contributed by atoms with van der Waals surface area (Å²) in [5.74, 6) is 0.276. The minimum atomic E-state index is 0.276. The summed E-state index contributed by atoms with van der Waals surface area (Å²) >= 11 is 0. The van der Waals surface area contributed by atoms with Gasteiger partial charge in [-0.1, -0.05) is 37.3 Å². The fourth-order valence-corrected chi connectivity index (χ4v) is 1.23. The predicted octanol–water partition coefficient (Wildman–Crippen LogP) is 1.80. The first-order valence-corrected chi connectivity index (χ1v) is 5.09. The molecular formula is C12H17NO. The van der Waals surface area contributed by atoms with Crippen molar-refractivity contribution in [3.63, 3.8) is 0 Å². The zero-order valence-electron chi connectivity index (χ0n) is 8.62. The minimum Gasteiger partial charge on any atom is -0.310 e. The fourth-order valence-electron chi connectivity index (χ4n) is 1.23. The average molecular weight is 191 g/mol. The van der Waals surface area contributed by atoms with Gasteiger partial charge < -0.3 is 5.32 Å². The van der Waals surface area contributed by atoms with E-state index in [2.05, 4.69) is 17.4 Å². The zero-order chi connectivity index (χ0) is 10.2. The highest BCUT2D eigenvalue weighted by molar-refractivity contribution is 5.80. The quantitative estimate of drug-likeness (QED) is 0.695. The van der Waals surface area contributed by atoms with Gasteiger partial charge in [0.15, 0.2) is 0 Å². The number of hydrogen-bond donors (Lipinski definition) is 1. The van der Waals surface area contributed by atoms with Crippen LogP contribution in [0.3, 0.4) is 0 Å². The van der Waals surface area contributed by atoms with Gasteiger partial charge in [0.25, 0.3) is 0 Å². The van der Waals surface area contributed by atoms with Crippen molar-refractivity contribution in [2.75, 3.05) is 13.1 Å². The molecule has 0 bridgehead atoms. The van der Waals surface area contributed by atoms with E-state index in [1.165, 1.54) is 5.56 Å². The normalized spacial score (nSPS) is 10.1. The SMILES string of the molecule is CCC(=O)CNCCc1ccccc1. The molecule has 1 aromatic carbocycles. The Labute approximate surface area is 85.3 Å². The molecule has 0 atom stereocenters. The van der Waals surface area contributed by atoms with Crippen molar-refractivity contribution < 1.29 is 4.79 Å². The predicted molar refractivity (Wildman–Crippen MR) is 58.3 cm³/mol. The molecule has 0 unspecified atom stereocenters. The molecule has 0 fully saturated rings. The molecule has 0 amide bonds. The molecule has 0 spiro atoms. The number of rotatable bonds is 6. The van der Waals surface area contributed by atoms with Gasteiger partial charge in [-0.3, -0.25) is 4.79 Å². The molecule has 0 aromatic heterocycles. The second-order valence-corrected chi connectivity index (χ2v) is 3.30. The van der Waals surface area contributed by atoms with E-state index in [1.807, 2.05) is 25.1 Å². The van der Waals surface area contributed by atoms with Crippen molar-refractivity contribution in [1.82, 2.24) is 5.32 Å². The molecule has 76 valence electrons. The molecule has 0 saturated heterocycles. The van der Waals surface area contributed by atoms with Gasteiger partial charge in [-0.15, -0.1) is 0 Å². The summed E-state index contributed by atoms with van der Waals surface area (Å²) < 4.78 is 0. The van der Waals surface area contributed by atoms with E-state index < -0.39 is 0 Å². The summed E-state index contributed by atoms with van der Waals surface area (Å²) in [6.07, 6.45) is 1.61. The smallest absolute Gasteiger partial charge is 0.146 e. The molecule has 0 aliphatic rings. The molecule has 0 heterocycles. The highest BCUT2D eigenvalue weighted by Crippen LogP contribution is 1.97. The maximum Gasteiger partial charge on any atom is 0.146 e. The van der Waals surface area contributed by atoms with E-state index >= 15 is 0 Å². The van der Waals surface area contributed by atoms with Gasteiger partial charge in [0.1, 0.15) is 5.78 Å². The minimum absolute atomic E-state index is 0.276. The Balaban J connectivity index is 2.13. The van der Waals surface area contributed by atoms with E-state index in [0.717, 1.165) is 13.0 Å². The lowest BCUT2D eigenvalue weighted by molar-refractivity contribution is -0.117. The molecule has 1 N–H and O–H groups in total. The number of carbonyl (C=O) groups excluding carboxylic acids is 1. The molecule has 2 heteroatoms. The molecule has 0 saturated carbocycles. The van der Waals surface area contributed by atoms with Crippen LogP contribution in [0.15, 0.2) is 30.3 Å². The van der Waals surface area contributed by atoms with E-state index in [0.29, 0.717) is 13.0 Å². The highest BCUT2D eigenvalue weighted by atomic mass is 16.1. The summed E-state index contributed by atoms with van der Waals surface area (Å²) in [6.45, 7) is 3.26. The van der Waals surface area contributed by atoms with Crippen LogP contribution in [0.4, 0.5) is 0 Å². The van der Waals surface area contributed by atoms with Crippen LogP contribution in [0, 0.1) is 0 Å². The first-order chi connectivity index (χ1) is 6.83. The van der Waals surface area contributed by atoms with E-state index in [-0.39, 0.29) is 5.78 Å². The van der Waals surface area contributed by atoms with Gasteiger partial charge in [0.2, 0.25) is 0 Å². The molecule has 0 aliphatic carbocycles. The first-order valence-electron chi connectivity index (χ1n) is 5.09. The third kappa shape index (κ3) is 4.19. The standard InChI is InChI=1S/C12H17NO/c1-2-12(14)10-13-9-8-11-6-4-3-5-7-11/h3-7,13H,2,8-10H2,1H3. The molecule has 2 nitrogen and oxygen atoms in total. The molecule has 1 rings (SSSR count). The van der Waals surface area contributed by atoms with E-state index in [1.54, 1.807) is 0 Å². The number of ketones is 1. The van der Waals surface area contributed by atoms with Crippen LogP contribution in [-0.4, -0.2) is 18.9 Å². The van der Waals surface area contributed by atoms with Crippen molar-refractivity contribution in [2.24, 2.45) is 0 Å². The van der Waals surface area contributed by atoms with Crippen molar-refractivity contribution in [3.05, 3.63) is 35.9 Å². The zero-order valence-corrected chi connectivity index (χ0v) is 8.62. The van der Waals surface area contributed by atoms with Gasteiger partial charge in [-0.05, 0) is 18.5 Å². The molecule has 1 aromatic rings. The lowest BCUT2D eigenvalue weighted by Crippen LogP contribution is -2.24. The van der Waals surface area contributed by atoms with Crippen molar-refractivity contribution >= 4 is 5.78 Å². The van der Waals surface area contributed by atoms with Crippen molar-refractivity contribution in [2.45, 2.75) is 19.8 Å². The van der Waals surface area contributed by atoms with Crippen LogP contribution in [0.25, 0.3) is 0 Å². The van der Waals surface area contributed by atoms with Crippen LogP contribution in [0.1, 0.15) is 18.9 Å². The molecule has 14 heavy (non-hydrogen) atoms. The number of hydrogen-bond acceptors (Lipinski definition) is 2. The first kappa shape index (κ1) is 10.9. The van der Waals surface area contributed by atoms with E-state index in [9.17, 15) is 4.79 Å². The maximum atomic E-state index is 11.0. The molecule has 0 aliphatic heterocycles. The number of carbonyl (C=O) groups is 1. The summed E-state index contributed by atoms with van der Waals surface area (Å²) in [7, 11) is 0. The Morgan fingerprint density at radius 2 is 2.00 bits per heavy atom. The molecular weight excluding hydrogens is 174 g/mol. The second-order valence-electron chi connectivity index (χ2n) is 3.30. The van der Waals surface area contributed by atoms with Gasteiger partial charge in [0.05, 0.1) is 6.54 Å². The fraction of sp³-hybridized carbons (Fsp3) is 0.417. The lowest BCUT2D eigenvalue weighted by Gasteiger charge is -2.02. The second kappa shape index (κ2) is 6.33. The van der Waals surface area contributed by atoms with E-state index in [4.69, 9.17) is 0 Å². The Bertz CT molecular complexity index is 269. The summed E-state index contributed by atoms with van der Waals surface area (Å²) in [5.41, 5.74) is 1.31. The van der Waals surface area contributed by atoms with Crippen LogP contribution < -0.4 is 5.32 Å². The number of Topliss-reactive ketones (excluding diaryl/α,β-unsaturated/α-hetero) is 1. The number of nitrogens with one attached hydrogen (secondary N) is 1. The van der Waals surface area contributed by atoms with Gasteiger partial charge in [-0.2, -0.15) is 0 Å². The Morgan fingerprint density at radius 3 is 2.64 bits per heavy atom. The average Bonchev–Trinajstić information content (AvgIpc) is 2.25. The molecule has 0 radical (unpaired) electrons. The topological polar surface area (TPSA) is 29.1 Å². The lowest BCUT2D eigenvalue weighted by atomic mass is 10.1. The summed E-state index contributed by atoms with van der Waals surface area (Å²) in [4.78, 5) is 11.0. The highest BCUT2D eigenvalue weighted by Gasteiger charge is 1.96. The van der Waals surface area contributed by atoms with Crippen LogP contribution in [-0.2, 0) is 11.2 Å². The van der Waals surface area contributed by atoms with Gasteiger partial charge in [0, 0.05) is 6.42 Å². The van der Waals surface area contributed by atoms with Gasteiger partial charge in [-0.25, -0.2) is 0 Å². The van der Waals surface area contributed by atoms with Crippen LogP contribution in [0.5, 0.6) is 0 Å². The van der Waals surface area contributed by atoms with Gasteiger partial charge >= 0.3 is 0 Å². The number of benzene rings is 1. The largest absolute Gasteiger partial charge is 0.310 e. The Hall–Kier alpha value is -1.15. The third-order valence-corrected chi connectivity index (χ3v) is 2.15. The van der Waals surface area contributed by atoms with Crippen molar-refractivity contribution in [3.8, 4) is 0 Å². The Kier molecular flexibility index (Phi) is 4.94. The third-order valence-electron chi connectivity index (χ3n) is 2.15.